The molecule has 0 unspecified atom stereocenters. The molecule has 19 heavy (non-hydrogen) atoms. The van der Waals surface area contributed by atoms with Crippen molar-refractivity contribution in [3.05, 3.63) is 34.4 Å². The summed E-state index contributed by atoms with van der Waals surface area (Å²) in [7, 11) is 0. The molecule has 0 rings (SSSR count). The second kappa shape index (κ2) is 61.3. The summed E-state index contributed by atoms with van der Waals surface area (Å²) in [4.78, 5) is 0. The fourth-order valence-corrected chi connectivity index (χ4v) is 0.265. The largest absolute Gasteiger partial charge is 3.00 e. The predicted octanol–water partition coefficient (Wildman–Crippen LogP) is -4.55. The van der Waals surface area contributed by atoms with Crippen LogP contribution in [0.15, 0.2) is 0 Å². The molecule has 0 aromatic rings. The SMILES string of the molecule is [Cl-].[Cl-].[Cl-].[Co+3].[NH-]CCC[NH-].[NH-]CCC[NH-].[NH-]CCC[NH-]. The second-order valence-electron chi connectivity index (χ2n) is 2.56. The van der Waals surface area contributed by atoms with E-state index in [2.05, 4.69) is 0 Å². The molecule has 0 bridgehead atoms. The van der Waals surface area contributed by atoms with Crippen molar-refractivity contribution in [3.8, 4) is 0 Å². The van der Waals surface area contributed by atoms with Crippen LogP contribution in [0.1, 0.15) is 19.3 Å². The average Bonchev–Trinajstić information content (AvgIpc) is 2.23. The van der Waals surface area contributed by atoms with E-state index in [1.165, 1.54) is 0 Å². The van der Waals surface area contributed by atoms with Crippen LogP contribution in [0.5, 0.6) is 0 Å². The van der Waals surface area contributed by atoms with Crippen LogP contribution in [0.4, 0.5) is 0 Å². The Kier molecular flexibility index (Phi) is 138. The van der Waals surface area contributed by atoms with Gasteiger partial charge in [0, 0.05) is 0 Å². The van der Waals surface area contributed by atoms with Crippen molar-refractivity contribution in [2.75, 3.05) is 39.3 Å². The van der Waals surface area contributed by atoms with Crippen molar-refractivity contribution in [1.82, 2.24) is 0 Å². The first-order valence-corrected chi connectivity index (χ1v) is 5.12. The van der Waals surface area contributed by atoms with Gasteiger partial charge in [0.25, 0.3) is 0 Å². The Balaban J connectivity index is -0.0000000206. The summed E-state index contributed by atoms with van der Waals surface area (Å²) in [6.07, 6.45) is 2.17. The van der Waals surface area contributed by atoms with Gasteiger partial charge < -0.3 is 71.6 Å². The maximum absolute atomic E-state index is 6.48. The topological polar surface area (TPSA) is 143 Å². The number of rotatable bonds is 6. The third-order valence-corrected chi connectivity index (χ3v) is 1.06. The van der Waals surface area contributed by atoms with Gasteiger partial charge in [0.05, 0.1) is 0 Å². The Morgan fingerprint density at radius 3 is 0.474 bits per heavy atom. The van der Waals surface area contributed by atoms with Crippen LogP contribution >= 0.6 is 0 Å². The molecule has 0 saturated heterocycles. The molecule has 0 saturated carbocycles. The molecule has 0 heterocycles. The maximum Gasteiger partial charge on any atom is 3.00 e. The molecule has 0 radical (unpaired) electrons. The zero-order valence-electron chi connectivity index (χ0n) is 10.8. The standard InChI is InChI=1S/3C3H8N2.3ClH.Co/c3*4-2-1-3-5;;;;/h3*4-5H,1-3H2;3*1H;/q3*-2;;;;+3/p-3. The van der Waals surface area contributed by atoms with Gasteiger partial charge >= 0.3 is 16.8 Å². The van der Waals surface area contributed by atoms with E-state index in [4.69, 9.17) is 34.4 Å². The van der Waals surface area contributed by atoms with E-state index in [1.54, 1.807) is 0 Å². The monoisotopic (exact) mass is 380 g/mol. The molecule has 0 amide bonds. The third-order valence-electron chi connectivity index (χ3n) is 1.06. The normalized spacial score (nSPS) is 6.63. The molecule has 0 aromatic heterocycles. The smallest absolute Gasteiger partial charge is 1.00 e. The van der Waals surface area contributed by atoms with Crippen molar-refractivity contribution >= 4 is 0 Å². The van der Waals surface area contributed by atoms with Gasteiger partial charge in [0.15, 0.2) is 0 Å². The van der Waals surface area contributed by atoms with Crippen LogP contribution in [0.25, 0.3) is 34.4 Å². The molecule has 0 aliphatic rings. The zero-order chi connectivity index (χ0) is 12.4. The van der Waals surface area contributed by atoms with E-state index in [0.29, 0.717) is 39.3 Å². The van der Waals surface area contributed by atoms with Crippen molar-refractivity contribution in [2.45, 2.75) is 19.3 Å². The Morgan fingerprint density at radius 1 is 0.368 bits per heavy atom. The fourth-order valence-electron chi connectivity index (χ4n) is 0.265. The number of hydrogen-bond acceptors (Lipinski definition) is 0. The van der Waals surface area contributed by atoms with Gasteiger partial charge in [-0.2, -0.15) is 39.3 Å². The van der Waals surface area contributed by atoms with Crippen molar-refractivity contribution in [1.29, 1.82) is 0 Å². The molecule has 0 spiro atoms. The number of nitrogens with one attached hydrogen (secondary N) is 6. The maximum atomic E-state index is 6.48. The Morgan fingerprint density at radius 2 is 0.474 bits per heavy atom. The quantitative estimate of drug-likeness (QED) is 0.437. The van der Waals surface area contributed by atoms with Crippen LogP contribution < -0.4 is 37.2 Å². The Labute approximate surface area is 146 Å². The van der Waals surface area contributed by atoms with E-state index in [0.717, 1.165) is 19.3 Å². The molecular weight excluding hydrogens is 357 g/mol. The minimum Gasteiger partial charge on any atom is -1.00 e. The number of hydrogen-bond donors (Lipinski definition) is 0. The minimum absolute atomic E-state index is 0. The molecule has 0 aliphatic heterocycles. The molecule has 0 aliphatic carbocycles. The molecule has 126 valence electrons. The third kappa shape index (κ3) is 110. The second-order valence-corrected chi connectivity index (χ2v) is 2.56. The summed E-state index contributed by atoms with van der Waals surface area (Å²) < 4.78 is 0. The molecule has 6 N–H and O–H groups in total. The van der Waals surface area contributed by atoms with Gasteiger partial charge in [0.2, 0.25) is 0 Å². The van der Waals surface area contributed by atoms with Gasteiger partial charge in [0.1, 0.15) is 0 Å². The summed E-state index contributed by atoms with van der Waals surface area (Å²) in [5.74, 6) is 0. The number of halogens is 3. The van der Waals surface area contributed by atoms with Crippen LogP contribution in [-0.2, 0) is 16.8 Å². The van der Waals surface area contributed by atoms with Crippen LogP contribution in [-0.4, -0.2) is 39.3 Å². The average molecular weight is 382 g/mol. The molecular formula is C9H24Cl3CoN6-6. The Hall–Kier alpha value is 1.14. The Bertz CT molecular complexity index is 68.7. The minimum atomic E-state index is 0. The first-order valence-electron chi connectivity index (χ1n) is 5.12. The first kappa shape index (κ1) is 42.7. The van der Waals surface area contributed by atoms with Crippen LogP contribution in [0.3, 0.4) is 0 Å². The van der Waals surface area contributed by atoms with Crippen LogP contribution in [0.2, 0.25) is 0 Å². The van der Waals surface area contributed by atoms with Crippen LogP contribution in [0, 0.1) is 0 Å². The van der Waals surface area contributed by atoms with E-state index in [9.17, 15) is 0 Å². The summed E-state index contributed by atoms with van der Waals surface area (Å²) in [5.41, 5.74) is 38.9. The van der Waals surface area contributed by atoms with E-state index >= 15 is 0 Å². The van der Waals surface area contributed by atoms with E-state index < -0.39 is 0 Å². The molecule has 10 heteroatoms. The van der Waals surface area contributed by atoms with Crippen molar-refractivity contribution < 1.29 is 54.0 Å². The summed E-state index contributed by atoms with van der Waals surface area (Å²) in [6, 6.07) is 0. The van der Waals surface area contributed by atoms with Crippen molar-refractivity contribution in [3.63, 3.8) is 0 Å². The first-order chi connectivity index (χ1) is 7.24. The van der Waals surface area contributed by atoms with Gasteiger partial charge in [-0.15, -0.1) is 0 Å². The predicted molar refractivity (Wildman–Crippen MR) is 69.0 cm³/mol. The molecule has 0 fully saturated rings. The molecule has 0 aromatic carbocycles. The van der Waals surface area contributed by atoms with Gasteiger partial charge in [-0.05, 0) is 0 Å². The van der Waals surface area contributed by atoms with Crippen molar-refractivity contribution in [2.24, 2.45) is 0 Å². The summed E-state index contributed by atoms with van der Waals surface area (Å²) in [5, 5.41) is 0. The van der Waals surface area contributed by atoms with Gasteiger partial charge in [-0.3, -0.25) is 0 Å². The molecule has 0 atom stereocenters. The van der Waals surface area contributed by atoms with Gasteiger partial charge in [-0.25, -0.2) is 0 Å². The summed E-state index contributed by atoms with van der Waals surface area (Å²) in [6.45, 7) is 2.44. The van der Waals surface area contributed by atoms with Gasteiger partial charge in [-0.1, -0.05) is 19.3 Å². The van der Waals surface area contributed by atoms with E-state index in [-0.39, 0.29) is 54.0 Å². The van der Waals surface area contributed by atoms with E-state index in [1.807, 2.05) is 0 Å². The summed E-state index contributed by atoms with van der Waals surface area (Å²) >= 11 is 0. The fraction of sp³-hybridized carbons (Fsp3) is 1.00. The zero-order valence-corrected chi connectivity index (χ0v) is 14.1. The molecule has 6 nitrogen and oxygen atoms in total.